The summed E-state index contributed by atoms with van der Waals surface area (Å²) in [5.41, 5.74) is 0. The molecule has 11 amide bonds. The highest BCUT2D eigenvalue weighted by Crippen LogP contribution is 2.20. The average molecular weight is 1050 g/mol. The fraction of sp³-hybridized carbons (Fsp3) is 0.788. The maximum absolute atomic E-state index is 14.5. The van der Waals surface area contributed by atoms with Gasteiger partial charge in [0.15, 0.2) is 0 Å². The Morgan fingerprint density at radius 1 is 0.378 bits per heavy atom. The molecule has 1 heterocycles. The second-order valence-electron chi connectivity index (χ2n) is 22.4. The van der Waals surface area contributed by atoms with Gasteiger partial charge in [0.1, 0.15) is 60.4 Å². The lowest BCUT2D eigenvalue weighted by atomic mass is 9.96. The van der Waals surface area contributed by atoms with Crippen molar-refractivity contribution < 1.29 is 52.7 Å². The van der Waals surface area contributed by atoms with Crippen molar-refractivity contribution >= 4 is 65.0 Å². The molecule has 1 rings (SSSR count). The van der Waals surface area contributed by atoms with Crippen molar-refractivity contribution in [1.29, 1.82) is 0 Å². The third-order valence-corrected chi connectivity index (χ3v) is 13.5. The van der Waals surface area contributed by atoms with Crippen LogP contribution in [0.1, 0.15) is 130 Å². The Balaban J connectivity index is 3.92. The van der Waals surface area contributed by atoms with Crippen molar-refractivity contribution in [2.75, 3.05) is 48.8 Å². The lowest BCUT2D eigenvalue weighted by molar-refractivity contribution is -0.151. The van der Waals surface area contributed by atoms with Crippen LogP contribution in [0.15, 0.2) is 0 Å². The van der Waals surface area contributed by atoms with Crippen LogP contribution >= 0.6 is 0 Å². The Morgan fingerprint density at radius 2 is 0.730 bits per heavy atom. The van der Waals surface area contributed by atoms with Crippen LogP contribution in [0.3, 0.4) is 0 Å². The van der Waals surface area contributed by atoms with E-state index in [0.29, 0.717) is 0 Å². The van der Waals surface area contributed by atoms with Gasteiger partial charge in [-0.15, -0.1) is 0 Å². The highest BCUT2D eigenvalue weighted by Gasteiger charge is 2.41. The predicted molar refractivity (Wildman–Crippen MR) is 281 cm³/mol. The molecule has 0 aromatic carbocycles. The van der Waals surface area contributed by atoms with Gasteiger partial charge in [-0.25, -0.2) is 0 Å². The van der Waals surface area contributed by atoms with E-state index in [4.69, 9.17) is 0 Å². The van der Waals surface area contributed by atoms with E-state index in [9.17, 15) is 52.7 Å². The molecule has 22 heteroatoms. The maximum Gasteiger partial charge on any atom is 0.246 e. The minimum absolute atomic E-state index is 0.0978. The highest BCUT2D eigenvalue weighted by atomic mass is 16.2. The summed E-state index contributed by atoms with van der Waals surface area (Å²) in [4.78, 5) is 161. The number of rotatable bonds is 9. The van der Waals surface area contributed by atoms with Crippen LogP contribution in [0.25, 0.3) is 0 Å². The highest BCUT2D eigenvalue weighted by molar-refractivity contribution is 5.99. The average Bonchev–Trinajstić information content (AvgIpc) is 3.30. The maximum atomic E-state index is 14.5. The fourth-order valence-corrected chi connectivity index (χ4v) is 8.84. The topological polar surface area (TPSA) is 267 Å². The minimum Gasteiger partial charge on any atom is -0.343 e. The summed E-state index contributed by atoms with van der Waals surface area (Å²) < 4.78 is 0. The third-order valence-electron chi connectivity index (χ3n) is 13.5. The van der Waals surface area contributed by atoms with Gasteiger partial charge in [-0.3, -0.25) is 52.7 Å². The van der Waals surface area contributed by atoms with Crippen LogP contribution in [0.5, 0.6) is 0 Å². The van der Waals surface area contributed by atoms with Crippen LogP contribution < -0.4 is 26.6 Å². The summed E-state index contributed by atoms with van der Waals surface area (Å²) in [6.45, 7) is 25.1. The lowest BCUT2D eigenvalue weighted by Crippen LogP contribution is -2.61. The van der Waals surface area contributed by atoms with Gasteiger partial charge in [0.25, 0.3) is 0 Å². The van der Waals surface area contributed by atoms with Gasteiger partial charge < -0.3 is 56.0 Å². The molecular formula is C52H93N11O11. The summed E-state index contributed by atoms with van der Waals surface area (Å²) >= 11 is 0. The van der Waals surface area contributed by atoms with Gasteiger partial charge in [0.2, 0.25) is 65.0 Å². The quantitative estimate of drug-likeness (QED) is 0.217. The number of hydrogen-bond acceptors (Lipinski definition) is 11. The molecule has 74 heavy (non-hydrogen) atoms. The molecule has 0 spiro atoms. The molecular weight excluding hydrogens is 955 g/mol. The molecule has 0 aromatic heterocycles. The number of likely N-dealkylation sites (N-methyl/N-ethyl adjacent to an activating group) is 6. The molecule has 1 fully saturated rings. The first-order valence-electron chi connectivity index (χ1n) is 26.1. The Bertz CT molecular complexity index is 2010. The van der Waals surface area contributed by atoms with Crippen molar-refractivity contribution in [3.8, 4) is 0 Å². The van der Waals surface area contributed by atoms with Crippen molar-refractivity contribution in [2.45, 2.75) is 190 Å². The molecule has 1 aliphatic heterocycles. The van der Waals surface area contributed by atoms with Crippen LogP contribution in [-0.2, 0) is 52.7 Å². The summed E-state index contributed by atoms with van der Waals surface area (Å²) in [7, 11) is 8.46. The van der Waals surface area contributed by atoms with Gasteiger partial charge >= 0.3 is 0 Å². The Labute approximate surface area is 440 Å². The van der Waals surface area contributed by atoms with Gasteiger partial charge in [-0.1, -0.05) is 69.2 Å². The van der Waals surface area contributed by atoms with Crippen LogP contribution in [-0.4, -0.2) is 204 Å². The molecule has 4 unspecified atom stereocenters. The molecule has 0 aromatic rings. The van der Waals surface area contributed by atoms with Crippen LogP contribution in [0.4, 0.5) is 0 Å². The molecule has 1 aliphatic rings. The Morgan fingerprint density at radius 3 is 1.14 bits per heavy atom. The van der Waals surface area contributed by atoms with Crippen LogP contribution in [0, 0.1) is 29.6 Å². The number of amides is 11. The van der Waals surface area contributed by atoms with Gasteiger partial charge in [0.05, 0.1) is 6.54 Å². The monoisotopic (exact) mass is 1050 g/mol. The number of nitrogens with zero attached hydrogens (tertiary/aromatic N) is 6. The van der Waals surface area contributed by atoms with Crippen LogP contribution in [0.2, 0.25) is 0 Å². The molecule has 0 radical (unpaired) electrons. The van der Waals surface area contributed by atoms with E-state index < -0.39 is 138 Å². The minimum atomic E-state index is -1.20. The SMILES string of the molecule is CC(C)C[C@@H]1NC(=O)[C@H](CC(C)C)N(C)C(=O)C(C)NC(=O)[C@H](C)NC(=O)[C@H](CC(C)C)N(C)C(=O)C(C)NC(=O)[C@H](CC(C)C)N(C)C(=O)CN(C)C(=O)C(C)NC(=O)C(C)N(C)C(=O)[C@H](C(C)C)N(C)C1=O. The zero-order valence-corrected chi connectivity index (χ0v) is 48.4. The second kappa shape index (κ2) is 29.3. The number of carbonyl (C=O) groups is 11. The number of nitrogens with one attached hydrogen (secondary N) is 5. The van der Waals surface area contributed by atoms with Gasteiger partial charge in [-0.2, -0.15) is 0 Å². The molecule has 1 saturated heterocycles. The predicted octanol–water partition coefficient (Wildman–Crippen LogP) is 0.957. The number of carbonyl (C=O) groups excluding carboxylic acids is 11. The van der Waals surface area contributed by atoms with E-state index in [2.05, 4.69) is 26.6 Å². The fourth-order valence-electron chi connectivity index (χ4n) is 8.84. The molecule has 10 atom stereocenters. The van der Waals surface area contributed by atoms with E-state index in [0.717, 1.165) is 4.90 Å². The number of hydrogen-bond donors (Lipinski definition) is 5. The smallest absolute Gasteiger partial charge is 0.246 e. The molecule has 0 saturated carbocycles. The van der Waals surface area contributed by atoms with Crippen molar-refractivity contribution in [1.82, 2.24) is 56.0 Å². The first kappa shape index (κ1) is 66.2. The zero-order valence-electron chi connectivity index (χ0n) is 48.4. The molecule has 5 N–H and O–H groups in total. The van der Waals surface area contributed by atoms with Crippen molar-refractivity contribution in [3.05, 3.63) is 0 Å². The molecule has 422 valence electrons. The zero-order chi connectivity index (χ0) is 57.5. The lowest BCUT2D eigenvalue weighted by Gasteiger charge is -2.38. The van der Waals surface area contributed by atoms with Gasteiger partial charge in [0, 0.05) is 42.3 Å². The Kier molecular flexibility index (Phi) is 26.2. The molecule has 22 nitrogen and oxygen atoms in total. The first-order valence-corrected chi connectivity index (χ1v) is 26.1. The van der Waals surface area contributed by atoms with E-state index in [1.807, 2.05) is 55.4 Å². The van der Waals surface area contributed by atoms with E-state index >= 15 is 0 Å². The summed E-state index contributed by atoms with van der Waals surface area (Å²) in [6, 6.07) is -11.4. The molecule has 0 bridgehead atoms. The Hall–Kier alpha value is -5.83. The van der Waals surface area contributed by atoms with Crippen molar-refractivity contribution in [3.63, 3.8) is 0 Å². The van der Waals surface area contributed by atoms with Crippen molar-refractivity contribution in [2.24, 2.45) is 29.6 Å². The first-order chi connectivity index (χ1) is 34.0. The second-order valence-corrected chi connectivity index (χ2v) is 22.4. The normalized spacial score (nSPS) is 27.9. The largest absolute Gasteiger partial charge is 0.343 e. The standard InChI is InChI=1S/C52H93N11O11/c1-27(2)22-37-51(73)63(21)42(31(9)10)52(74)59(17)36(15)44(66)55-33(12)48(70)58(16)26-41(64)60(18)38(23-28(3)4)45(67)56-35(14)50(72)61(19)39(24-29(5)6)46(68)53-32(11)43(65)54-34(13)49(71)62(20)40(25-30(7)8)47(69)57-37/h27-40,42H,22-26H2,1-21H3,(H,53,68)(H,54,65)(H,55,66)(H,56,67)(H,57,69)/t32-,33?,34?,35?,36?,37-,38-,39-,40-,42-/m0/s1. The van der Waals surface area contributed by atoms with E-state index in [1.54, 1.807) is 13.8 Å². The van der Waals surface area contributed by atoms with E-state index in [-0.39, 0.29) is 49.4 Å². The third kappa shape index (κ3) is 18.8. The van der Waals surface area contributed by atoms with Gasteiger partial charge in [-0.05, 0) is 89.9 Å². The molecule has 0 aliphatic carbocycles. The summed E-state index contributed by atoms with van der Waals surface area (Å²) in [5.74, 6) is -7.98. The summed E-state index contributed by atoms with van der Waals surface area (Å²) in [6.07, 6.45) is 0.709. The summed E-state index contributed by atoms with van der Waals surface area (Å²) in [5, 5.41) is 13.5. The van der Waals surface area contributed by atoms with E-state index in [1.165, 1.54) is 101 Å².